The number of aliphatic hydroxyl groups is 1. The quantitative estimate of drug-likeness (QED) is 0.403. The van der Waals surface area contributed by atoms with E-state index in [-0.39, 0.29) is 12.5 Å². The third-order valence-corrected chi connectivity index (χ3v) is 6.13. The summed E-state index contributed by atoms with van der Waals surface area (Å²) in [5, 5.41) is 9.78. The first-order valence-corrected chi connectivity index (χ1v) is 11.3. The second-order valence-corrected chi connectivity index (χ2v) is 8.49. The molecule has 1 amide bonds. The smallest absolute Gasteiger partial charge is 0.248 e. The highest BCUT2D eigenvalue weighted by molar-refractivity contribution is 5.95. The molecular formula is C27H22F3N3O3. The van der Waals surface area contributed by atoms with Crippen LogP contribution in [0.1, 0.15) is 17.7 Å². The fraction of sp³-hybridized carbons (Fsp3) is 0.185. The topological polar surface area (TPSA) is 78.4 Å². The van der Waals surface area contributed by atoms with Crippen LogP contribution in [0.4, 0.5) is 13.2 Å². The van der Waals surface area contributed by atoms with Crippen molar-refractivity contribution in [3.63, 3.8) is 0 Å². The minimum absolute atomic E-state index is 0.0796. The zero-order valence-electron chi connectivity index (χ0n) is 19.1. The molecule has 3 heterocycles. The van der Waals surface area contributed by atoms with Crippen molar-refractivity contribution in [2.24, 2.45) is 0 Å². The van der Waals surface area contributed by atoms with Crippen molar-refractivity contribution in [3.8, 4) is 16.9 Å². The molecule has 2 aromatic carbocycles. The molecule has 0 fully saturated rings. The van der Waals surface area contributed by atoms with Crippen LogP contribution in [0, 0.1) is 17.5 Å². The number of H-pyrrole nitrogens is 1. The van der Waals surface area contributed by atoms with Gasteiger partial charge in [0.2, 0.25) is 5.91 Å². The molecule has 1 aliphatic rings. The van der Waals surface area contributed by atoms with Crippen LogP contribution < -0.4 is 4.74 Å². The van der Waals surface area contributed by atoms with E-state index in [4.69, 9.17) is 9.84 Å². The highest BCUT2D eigenvalue weighted by atomic mass is 19.1. The second kappa shape index (κ2) is 9.87. The Morgan fingerprint density at radius 3 is 2.58 bits per heavy atom. The fourth-order valence-corrected chi connectivity index (χ4v) is 4.34. The van der Waals surface area contributed by atoms with Crippen molar-refractivity contribution in [1.82, 2.24) is 14.9 Å². The molecule has 1 aliphatic heterocycles. The Balaban J connectivity index is 1.43. The molecule has 0 atom stereocenters. The maximum Gasteiger partial charge on any atom is 0.248 e. The first-order chi connectivity index (χ1) is 17.4. The summed E-state index contributed by atoms with van der Waals surface area (Å²) in [6, 6.07) is 11.0. The number of amides is 1. The summed E-state index contributed by atoms with van der Waals surface area (Å²) in [6.07, 6.45) is 4.11. The van der Waals surface area contributed by atoms with Gasteiger partial charge in [-0.25, -0.2) is 18.2 Å². The van der Waals surface area contributed by atoms with Crippen molar-refractivity contribution in [1.29, 1.82) is 0 Å². The lowest BCUT2D eigenvalue weighted by atomic mass is 10.0. The number of carbonyl (C=O) groups is 1. The van der Waals surface area contributed by atoms with E-state index in [1.165, 1.54) is 24.3 Å². The summed E-state index contributed by atoms with van der Waals surface area (Å²) in [4.78, 5) is 20.9. The number of ether oxygens (including phenoxy) is 1. The number of rotatable bonds is 6. The zero-order chi connectivity index (χ0) is 25.2. The maximum absolute atomic E-state index is 14.9. The molecule has 184 valence electrons. The Kier molecular flexibility index (Phi) is 6.47. The molecule has 0 unspecified atom stereocenters. The number of benzene rings is 2. The van der Waals surface area contributed by atoms with E-state index in [1.807, 2.05) is 12.1 Å². The normalized spacial score (nSPS) is 13.7. The van der Waals surface area contributed by atoms with Crippen LogP contribution in [0.25, 0.3) is 27.7 Å². The highest BCUT2D eigenvalue weighted by Gasteiger charge is 2.19. The predicted octanol–water partition coefficient (Wildman–Crippen LogP) is 4.83. The Hall–Kier alpha value is -4.11. The van der Waals surface area contributed by atoms with Gasteiger partial charge in [0.1, 0.15) is 42.1 Å². The lowest BCUT2D eigenvalue weighted by molar-refractivity contribution is -0.133. The van der Waals surface area contributed by atoms with Crippen LogP contribution in [-0.2, 0) is 11.4 Å². The fourth-order valence-electron chi connectivity index (χ4n) is 4.34. The molecule has 6 nitrogen and oxygen atoms in total. The third-order valence-electron chi connectivity index (χ3n) is 6.13. The minimum Gasteiger partial charge on any atom is -0.489 e. The standard InChI is InChI=1S/C27H22F3N3O3/c28-18-9-16(10-19(29)11-18)15-36-20-1-2-24(30)22(12-20)21-3-6-31-27-23(21)13-25(32-27)17-4-7-33(8-5-17)26(35)14-34/h1-4,6,9-13,34H,5,7-8,14-15H2,(H,31,32). The van der Waals surface area contributed by atoms with Gasteiger partial charge in [-0.15, -0.1) is 0 Å². The van der Waals surface area contributed by atoms with E-state index in [1.54, 1.807) is 23.2 Å². The highest BCUT2D eigenvalue weighted by Crippen LogP contribution is 2.34. The SMILES string of the molecule is O=C(CO)N1CC=C(c2cc3c(-c4cc(OCc5cc(F)cc(F)c5)ccc4F)ccnc3[nH]2)CC1. The number of aromatic nitrogens is 2. The van der Waals surface area contributed by atoms with E-state index in [9.17, 15) is 18.0 Å². The molecule has 5 rings (SSSR count). The van der Waals surface area contributed by atoms with Gasteiger partial charge in [-0.3, -0.25) is 4.79 Å². The summed E-state index contributed by atoms with van der Waals surface area (Å²) >= 11 is 0. The second-order valence-electron chi connectivity index (χ2n) is 8.49. The van der Waals surface area contributed by atoms with Gasteiger partial charge >= 0.3 is 0 Å². The number of aromatic amines is 1. The van der Waals surface area contributed by atoms with Gasteiger partial charge in [-0.05, 0) is 65.6 Å². The lowest BCUT2D eigenvalue weighted by Gasteiger charge is -2.25. The van der Waals surface area contributed by atoms with Crippen molar-refractivity contribution in [3.05, 3.63) is 89.5 Å². The summed E-state index contributed by atoms with van der Waals surface area (Å²) in [5.74, 6) is -1.82. The van der Waals surface area contributed by atoms with Crippen LogP contribution >= 0.6 is 0 Å². The molecular weight excluding hydrogens is 471 g/mol. The Morgan fingerprint density at radius 1 is 1.06 bits per heavy atom. The van der Waals surface area contributed by atoms with E-state index in [0.717, 1.165) is 17.3 Å². The Morgan fingerprint density at radius 2 is 1.86 bits per heavy atom. The van der Waals surface area contributed by atoms with E-state index in [0.29, 0.717) is 53.0 Å². The molecule has 36 heavy (non-hydrogen) atoms. The van der Waals surface area contributed by atoms with Gasteiger partial charge in [-0.2, -0.15) is 0 Å². The number of pyridine rings is 1. The van der Waals surface area contributed by atoms with Crippen LogP contribution in [0.5, 0.6) is 5.75 Å². The number of hydrogen-bond donors (Lipinski definition) is 2. The average Bonchev–Trinajstić information content (AvgIpc) is 3.32. The molecule has 0 saturated heterocycles. The number of nitrogens with one attached hydrogen (secondary N) is 1. The maximum atomic E-state index is 14.9. The molecule has 2 N–H and O–H groups in total. The number of aliphatic hydroxyl groups excluding tert-OH is 1. The molecule has 0 bridgehead atoms. The van der Waals surface area contributed by atoms with Gasteiger partial charge in [-0.1, -0.05) is 6.08 Å². The van der Waals surface area contributed by atoms with Crippen LogP contribution in [0.3, 0.4) is 0 Å². The number of hydrogen-bond acceptors (Lipinski definition) is 4. The molecule has 2 aromatic heterocycles. The monoisotopic (exact) mass is 493 g/mol. The van der Waals surface area contributed by atoms with E-state index in [2.05, 4.69) is 9.97 Å². The van der Waals surface area contributed by atoms with Gasteiger partial charge in [0.05, 0.1) is 0 Å². The summed E-state index contributed by atoms with van der Waals surface area (Å²) in [5.41, 5.74) is 3.63. The molecule has 0 spiro atoms. The van der Waals surface area contributed by atoms with Crippen molar-refractivity contribution in [2.45, 2.75) is 13.0 Å². The average molecular weight is 493 g/mol. The zero-order valence-corrected chi connectivity index (χ0v) is 19.1. The van der Waals surface area contributed by atoms with Gasteiger partial charge < -0.3 is 19.7 Å². The Bertz CT molecular complexity index is 1460. The molecule has 4 aromatic rings. The Labute approximate surface area is 204 Å². The van der Waals surface area contributed by atoms with E-state index < -0.39 is 24.1 Å². The summed E-state index contributed by atoms with van der Waals surface area (Å²) in [7, 11) is 0. The third kappa shape index (κ3) is 4.83. The van der Waals surface area contributed by atoms with Gasteiger partial charge in [0.15, 0.2) is 0 Å². The largest absolute Gasteiger partial charge is 0.489 e. The number of carbonyl (C=O) groups excluding carboxylic acids is 1. The minimum atomic E-state index is -0.698. The van der Waals surface area contributed by atoms with Crippen molar-refractivity contribution < 1.29 is 27.8 Å². The first-order valence-electron chi connectivity index (χ1n) is 11.3. The van der Waals surface area contributed by atoms with Crippen LogP contribution in [0.2, 0.25) is 0 Å². The lowest BCUT2D eigenvalue weighted by Crippen LogP contribution is -2.36. The number of halogens is 3. The van der Waals surface area contributed by atoms with Gasteiger partial charge in [0, 0.05) is 42.0 Å². The summed E-state index contributed by atoms with van der Waals surface area (Å²) in [6.45, 7) is 0.289. The van der Waals surface area contributed by atoms with Crippen molar-refractivity contribution in [2.75, 3.05) is 19.7 Å². The van der Waals surface area contributed by atoms with Crippen LogP contribution in [0.15, 0.2) is 60.8 Å². The van der Waals surface area contributed by atoms with E-state index >= 15 is 0 Å². The number of fused-ring (bicyclic) bond motifs is 1. The molecule has 0 radical (unpaired) electrons. The summed E-state index contributed by atoms with van der Waals surface area (Å²) < 4.78 is 47.5. The first kappa shape index (κ1) is 23.6. The molecule has 9 heteroatoms. The van der Waals surface area contributed by atoms with Crippen LogP contribution in [-0.4, -0.2) is 45.6 Å². The van der Waals surface area contributed by atoms with Gasteiger partial charge in [0.25, 0.3) is 0 Å². The molecule has 0 saturated carbocycles. The predicted molar refractivity (Wildman–Crippen MR) is 128 cm³/mol. The van der Waals surface area contributed by atoms with Crippen molar-refractivity contribution >= 4 is 22.5 Å². The number of nitrogens with zero attached hydrogens (tertiary/aromatic N) is 2. The molecule has 0 aliphatic carbocycles.